The number of aromatic nitrogens is 3. The first-order chi connectivity index (χ1) is 25.7. The lowest BCUT2D eigenvalue weighted by atomic mass is 9.93. The number of unbranched alkanes of at least 4 members (excludes halogenated alkanes) is 2. The number of rotatable bonds is 14. The summed E-state index contributed by atoms with van der Waals surface area (Å²) >= 11 is 0. The van der Waals surface area contributed by atoms with E-state index in [4.69, 9.17) is 9.52 Å². The summed E-state index contributed by atoms with van der Waals surface area (Å²) in [4.78, 5) is 49.9. The molecule has 0 bridgehead atoms. The van der Waals surface area contributed by atoms with E-state index in [9.17, 15) is 19.5 Å². The van der Waals surface area contributed by atoms with Crippen molar-refractivity contribution in [2.45, 2.75) is 78.8 Å². The van der Waals surface area contributed by atoms with E-state index in [0.717, 1.165) is 42.4 Å². The highest BCUT2D eigenvalue weighted by molar-refractivity contribution is 6.01. The van der Waals surface area contributed by atoms with E-state index in [1.165, 1.54) is 0 Å². The summed E-state index contributed by atoms with van der Waals surface area (Å²) in [5.41, 5.74) is 5.59. The van der Waals surface area contributed by atoms with E-state index in [1.807, 2.05) is 66.4 Å². The zero-order valence-corrected chi connectivity index (χ0v) is 31.0. The summed E-state index contributed by atoms with van der Waals surface area (Å²) in [6.45, 7) is 9.25. The number of aryl methyl sites for hydroxylation is 2. The van der Waals surface area contributed by atoms with Crippen LogP contribution in [0.2, 0.25) is 0 Å². The molecule has 6 rings (SSSR count). The molecular formula is C42H48N6O5. The number of nitrogens with zero attached hydrogens (tertiary/aromatic N) is 5. The van der Waals surface area contributed by atoms with Crippen molar-refractivity contribution in [3.8, 4) is 17.1 Å². The van der Waals surface area contributed by atoms with Gasteiger partial charge in [-0.3, -0.25) is 14.4 Å². The highest BCUT2D eigenvalue weighted by Crippen LogP contribution is 2.29. The number of anilines is 1. The van der Waals surface area contributed by atoms with E-state index >= 15 is 0 Å². The number of aliphatic hydroxyl groups excluding tert-OH is 1. The lowest BCUT2D eigenvalue weighted by molar-refractivity contribution is -0.115. The van der Waals surface area contributed by atoms with Crippen molar-refractivity contribution in [1.29, 1.82) is 0 Å². The highest BCUT2D eigenvalue weighted by Gasteiger charge is 2.32. The highest BCUT2D eigenvalue weighted by atomic mass is 16.4. The third-order valence-electron chi connectivity index (χ3n) is 9.76. The summed E-state index contributed by atoms with van der Waals surface area (Å²) in [5, 5.41) is 18.1. The van der Waals surface area contributed by atoms with Gasteiger partial charge in [0.15, 0.2) is 5.69 Å². The molecular weight excluding hydrogens is 668 g/mol. The molecule has 0 spiro atoms. The number of fused-ring (bicyclic) bond motifs is 1. The van der Waals surface area contributed by atoms with Gasteiger partial charge in [0.1, 0.15) is 5.76 Å². The number of hydrogen-bond acceptors (Lipinski definition) is 7. The van der Waals surface area contributed by atoms with E-state index in [-0.39, 0.29) is 36.3 Å². The van der Waals surface area contributed by atoms with Crippen LogP contribution < -0.4 is 5.32 Å². The van der Waals surface area contributed by atoms with Gasteiger partial charge in [-0.2, -0.15) is 5.10 Å². The van der Waals surface area contributed by atoms with Crippen LogP contribution in [0.3, 0.4) is 0 Å². The van der Waals surface area contributed by atoms with Gasteiger partial charge in [-0.15, -0.1) is 0 Å². The second-order valence-corrected chi connectivity index (χ2v) is 13.7. The molecule has 3 aromatic carbocycles. The number of amides is 3. The summed E-state index contributed by atoms with van der Waals surface area (Å²) < 4.78 is 7.49. The average Bonchev–Trinajstić information content (AvgIpc) is 3.75. The minimum absolute atomic E-state index is 0.0288. The first-order valence-electron chi connectivity index (χ1n) is 18.5. The van der Waals surface area contributed by atoms with Gasteiger partial charge in [-0.05, 0) is 80.6 Å². The molecule has 0 saturated carbocycles. The SMILES string of the molecule is CCCCN(CCCC)C(=O)c1cc(C)n(-c2ccc(NC(=O)Cc3nc(-c4ccccc4)oc3C)cc2C(=O)N2Cc3ccccc3CC2CO)n1. The maximum absolute atomic E-state index is 14.6. The predicted molar refractivity (Wildman–Crippen MR) is 204 cm³/mol. The fourth-order valence-electron chi connectivity index (χ4n) is 6.76. The van der Waals surface area contributed by atoms with Crippen LogP contribution in [-0.4, -0.2) is 73.1 Å². The van der Waals surface area contributed by atoms with Crippen molar-refractivity contribution >= 4 is 23.4 Å². The maximum atomic E-state index is 14.6. The van der Waals surface area contributed by atoms with Gasteiger partial charge in [-0.25, -0.2) is 9.67 Å². The number of carbonyl (C=O) groups excluding carboxylic acids is 3. The minimum atomic E-state index is -0.445. The van der Waals surface area contributed by atoms with E-state index in [2.05, 4.69) is 24.1 Å². The molecule has 0 fully saturated rings. The Kier molecular flexibility index (Phi) is 11.8. The Morgan fingerprint density at radius 1 is 0.925 bits per heavy atom. The number of aliphatic hydroxyl groups is 1. The Hall–Kier alpha value is -5.55. The summed E-state index contributed by atoms with van der Waals surface area (Å²) in [6, 6.07) is 23.8. The Balaban J connectivity index is 1.33. The van der Waals surface area contributed by atoms with Crippen LogP contribution in [-0.2, 0) is 24.2 Å². The lowest BCUT2D eigenvalue weighted by Crippen LogP contribution is -2.46. The summed E-state index contributed by atoms with van der Waals surface area (Å²) in [7, 11) is 0. The molecule has 11 nitrogen and oxygen atoms in total. The van der Waals surface area contributed by atoms with E-state index in [0.29, 0.717) is 66.2 Å². The van der Waals surface area contributed by atoms with Crippen LogP contribution in [0.15, 0.2) is 83.3 Å². The molecule has 276 valence electrons. The Morgan fingerprint density at radius 2 is 1.62 bits per heavy atom. The summed E-state index contributed by atoms with van der Waals surface area (Å²) in [6.07, 6.45) is 4.23. The maximum Gasteiger partial charge on any atom is 0.274 e. The predicted octanol–water partition coefficient (Wildman–Crippen LogP) is 6.93. The molecule has 53 heavy (non-hydrogen) atoms. The van der Waals surface area contributed by atoms with Gasteiger partial charge in [0.25, 0.3) is 11.8 Å². The Bertz CT molecular complexity index is 2060. The van der Waals surface area contributed by atoms with Crippen LogP contribution in [0.5, 0.6) is 0 Å². The number of oxazole rings is 1. The molecule has 1 unspecified atom stereocenters. The monoisotopic (exact) mass is 716 g/mol. The largest absolute Gasteiger partial charge is 0.441 e. The van der Waals surface area contributed by atoms with Crippen LogP contribution >= 0.6 is 0 Å². The molecule has 0 saturated heterocycles. The molecule has 0 aliphatic carbocycles. The van der Waals surface area contributed by atoms with Gasteiger partial charge in [0, 0.05) is 36.6 Å². The molecule has 2 N–H and O–H groups in total. The zero-order chi connectivity index (χ0) is 37.5. The van der Waals surface area contributed by atoms with Gasteiger partial charge in [0.05, 0.1) is 36.0 Å². The molecule has 0 radical (unpaired) electrons. The molecule has 1 atom stereocenters. The smallest absolute Gasteiger partial charge is 0.274 e. The number of nitrogens with one attached hydrogen (secondary N) is 1. The molecule has 3 amide bonds. The van der Waals surface area contributed by atoms with Crippen molar-refractivity contribution in [1.82, 2.24) is 24.6 Å². The fraction of sp³-hybridized carbons (Fsp3) is 0.357. The van der Waals surface area contributed by atoms with Crippen LogP contribution in [0, 0.1) is 13.8 Å². The molecule has 1 aliphatic rings. The third kappa shape index (κ3) is 8.41. The topological polar surface area (TPSA) is 134 Å². The molecule has 11 heteroatoms. The Labute approximate surface area is 310 Å². The molecule has 5 aromatic rings. The van der Waals surface area contributed by atoms with E-state index < -0.39 is 6.04 Å². The van der Waals surface area contributed by atoms with Crippen LogP contribution in [0.25, 0.3) is 17.1 Å². The van der Waals surface area contributed by atoms with Gasteiger partial charge in [0.2, 0.25) is 11.8 Å². The molecule has 1 aliphatic heterocycles. The minimum Gasteiger partial charge on any atom is -0.441 e. The standard InChI is InChI=1S/C42H48N6O5/c1-5-7-20-46(21-8-6-2)42(52)37-22-28(3)48(45-37)38-19-18-33(43-39(50)25-36-29(4)53-40(44-36)30-14-10-9-11-15-30)24-35(38)41(51)47-26-32-17-13-12-16-31(32)23-34(47)27-49/h9-19,22,24,34,49H,5-8,20-21,23,25-27H2,1-4H3,(H,43,50). The van der Waals surface area contributed by atoms with Gasteiger partial charge >= 0.3 is 0 Å². The number of benzene rings is 3. The summed E-state index contributed by atoms with van der Waals surface area (Å²) in [5.74, 6) is 0.204. The molecule has 2 aromatic heterocycles. The van der Waals surface area contributed by atoms with E-state index in [1.54, 1.807) is 40.8 Å². The third-order valence-corrected chi connectivity index (χ3v) is 9.76. The van der Waals surface area contributed by atoms with Crippen molar-refractivity contribution in [3.05, 3.63) is 118 Å². The van der Waals surface area contributed by atoms with Gasteiger partial charge in [-0.1, -0.05) is 69.2 Å². The average molecular weight is 717 g/mol. The fourth-order valence-corrected chi connectivity index (χ4v) is 6.76. The number of carbonyl (C=O) groups is 3. The normalized spacial score (nSPS) is 13.8. The Morgan fingerprint density at radius 3 is 2.32 bits per heavy atom. The van der Waals surface area contributed by atoms with Gasteiger partial charge < -0.3 is 24.6 Å². The van der Waals surface area contributed by atoms with Crippen molar-refractivity contribution in [3.63, 3.8) is 0 Å². The van der Waals surface area contributed by atoms with Crippen molar-refractivity contribution in [2.75, 3.05) is 25.0 Å². The quantitative estimate of drug-likeness (QED) is 0.127. The molecule has 3 heterocycles. The van der Waals surface area contributed by atoms with Crippen LogP contribution in [0.4, 0.5) is 5.69 Å². The second-order valence-electron chi connectivity index (χ2n) is 13.7. The van der Waals surface area contributed by atoms with Crippen molar-refractivity contribution in [2.24, 2.45) is 0 Å². The van der Waals surface area contributed by atoms with Crippen molar-refractivity contribution < 1.29 is 23.9 Å². The first-order valence-corrected chi connectivity index (χ1v) is 18.5. The second kappa shape index (κ2) is 16.9. The van der Waals surface area contributed by atoms with Crippen LogP contribution in [0.1, 0.15) is 88.7 Å². The zero-order valence-electron chi connectivity index (χ0n) is 31.0. The lowest BCUT2D eigenvalue weighted by Gasteiger charge is -2.36. The first kappa shape index (κ1) is 37.2. The number of hydrogen-bond donors (Lipinski definition) is 2.